The molecule has 0 radical (unpaired) electrons. The minimum Gasteiger partial charge on any atom is -0.493 e. The van der Waals surface area contributed by atoms with Gasteiger partial charge < -0.3 is 14.0 Å². The number of benzene rings is 1. The average molecular weight is 312 g/mol. The van der Waals surface area contributed by atoms with Gasteiger partial charge in [-0.05, 0) is 26.0 Å². The molecular weight excluding hydrogens is 292 g/mol. The zero-order chi connectivity index (χ0) is 15.5. The van der Waals surface area contributed by atoms with Gasteiger partial charge in [0, 0.05) is 19.3 Å². The first kappa shape index (κ1) is 15.8. The zero-order valence-corrected chi connectivity index (χ0v) is 13.0. The summed E-state index contributed by atoms with van der Waals surface area (Å²) in [6, 6.07) is 5.42. The minimum atomic E-state index is -3.82. The molecule has 1 heterocycles. The van der Waals surface area contributed by atoms with Gasteiger partial charge in [0.2, 0.25) is 10.0 Å². The average Bonchev–Trinajstić information content (AvgIpc) is 2.80. The van der Waals surface area contributed by atoms with Gasteiger partial charge in [-0.25, -0.2) is 13.6 Å². The smallest absolute Gasteiger partial charge is 0.240 e. The molecule has 0 aliphatic carbocycles. The summed E-state index contributed by atoms with van der Waals surface area (Å²) in [5.74, 6) is 0.522. The molecule has 0 aliphatic heterocycles. The maximum atomic E-state index is 11.8. The Hall–Kier alpha value is -1.57. The number of nitrogens with two attached hydrogens (primary N) is 1. The number of aromatic nitrogens is 1. The predicted molar refractivity (Wildman–Crippen MR) is 81.0 cm³/mol. The number of primary sulfonamides is 1. The normalized spacial score (nSPS) is 12.0. The molecule has 0 unspecified atom stereocenters. The summed E-state index contributed by atoms with van der Waals surface area (Å²) in [7, 11) is -3.82. The van der Waals surface area contributed by atoms with Crippen LogP contribution in [0, 0.1) is 0 Å². The number of rotatable bonds is 7. The lowest BCUT2D eigenvalue weighted by molar-refractivity contribution is 0.140. The third kappa shape index (κ3) is 3.37. The molecule has 0 amide bonds. The highest BCUT2D eigenvalue weighted by molar-refractivity contribution is 7.89. The number of nitrogens with zero attached hydrogens (tertiary/aromatic N) is 1. The standard InChI is InChI=1S/C14H20N2O4S/c1-3-19-9-8-16-10-13(21(15,17)18)14-11(16)6-5-7-12(14)20-4-2/h5-7,10H,3-4,8-9H2,1-2H3,(H2,15,17,18). The Morgan fingerprint density at radius 3 is 2.62 bits per heavy atom. The van der Waals surface area contributed by atoms with E-state index in [0.29, 0.717) is 37.5 Å². The van der Waals surface area contributed by atoms with Crippen LogP contribution in [0.3, 0.4) is 0 Å². The van der Waals surface area contributed by atoms with Crippen molar-refractivity contribution in [2.75, 3.05) is 19.8 Å². The lowest BCUT2D eigenvalue weighted by Gasteiger charge is -2.08. The van der Waals surface area contributed by atoms with Gasteiger partial charge in [0.15, 0.2) is 0 Å². The molecule has 0 fully saturated rings. The van der Waals surface area contributed by atoms with Crippen molar-refractivity contribution in [3.8, 4) is 5.75 Å². The van der Waals surface area contributed by atoms with E-state index in [2.05, 4.69) is 0 Å². The van der Waals surface area contributed by atoms with Crippen molar-refractivity contribution >= 4 is 20.9 Å². The fourth-order valence-corrected chi connectivity index (χ4v) is 3.03. The molecule has 0 saturated heterocycles. The molecule has 116 valence electrons. The van der Waals surface area contributed by atoms with Crippen molar-refractivity contribution in [1.29, 1.82) is 0 Å². The fraction of sp³-hybridized carbons (Fsp3) is 0.429. The lowest BCUT2D eigenvalue weighted by Crippen LogP contribution is -2.12. The SMILES string of the molecule is CCOCCn1cc(S(N)(=O)=O)c2c(OCC)cccc21. The van der Waals surface area contributed by atoms with Crippen LogP contribution in [0.2, 0.25) is 0 Å². The van der Waals surface area contributed by atoms with Gasteiger partial charge in [0.1, 0.15) is 10.6 Å². The highest BCUT2D eigenvalue weighted by atomic mass is 32.2. The molecule has 6 nitrogen and oxygen atoms in total. The van der Waals surface area contributed by atoms with Gasteiger partial charge in [-0.15, -0.1) is 0 Å². The summed E-state index contributed by atoms with van der Waals surface area (Å²) in [4.78, 5) is 0.0815. The fourth-order valence-electron chi connectivity index (χ4n) is 2.27. The lowest BCUT2D eigenvalue weighted by atomic mass is 10.2. The number of hydrogen-bond donors (Lipinski definition) is 1. The Labute approximate surface area is 124 Å². The summed E-state index contributed by atoms with van der Waals surface area (Å²) >= 11 is 0. The number of sulfonamides is 1. The van der Waals surface area contributed by atoms with Gasteiger partial charge in [0.25, 0.3) is 0 Å². The second kappa shape index (κ2) is 6.46. The molecule has 21 heavy (non-hydrogen) atoms. The maximum absolute atomic E-state index is 11.8. The summed E-state index contributed by atoms with van der Waals surface area (Å²) in [5, 5.41) is 5.85. The Morgan fingerprint density at radius 2 is 2.00 bits per heavy atom. The summed E-state index contributed by atoms with van der Waals surface area (Å²) in [5.41, 5.74) is 0.768. The summed E-state index contributed by atoms with van der Waals surface area (Å²) < 4.78 is 36.3. The highest BCUT2D eigenvalue weighted by Crippen LogP contribution is 2.33. The van der Waals surface area contributed by atoms with E-state index >= 15 is 0 Å². The predicted octanol–water partition coefficient (Wildman–Crippen LogP) is 1.72. The molecule has 0 atom stereocenters. The van der Waals surface area contributed by atoms with Gasteiger partial charge in [-0.3, -0.25) is 0 Å². The van der Waals surface area contributed by atoms with Crippen LogP contribution >= 0.6 is 0 Å². The van der Waals surface area contributed by atoms with Crippen LogP contribution in [0.1, 0.15) is 13.8 Å². The molecule has 0 aliphatic rings. The first-order chi connectivity index (χ1) is 9.99. The molecule has 1 aromatic carbocycles. The van der Waals surface area contributed by atoms with E-state index < -0.39 is 10.0 Å². The van der Waals surface area contributed by atoms with Crippen LogP contribution in [0.15, 0.2) is 29.3 Å². The third-order valence-corrected chi connectivity index (χ3v) is 4.04. The number of fused-ring (bicyclic) bond motifs is 1. The zero-order valence-electron chi connectivity index (χ0n) is 12.2. The van der Waals surface area contributed by atoms with Crippen LogP contribution in [-0.2, 0) is 21.3 Å². The number of hydrogen-bond acceptors (Lipinski definition) is 4. The van der Waals surface area contributed by atoms with Crippen LogP contribution in [0.25, 0.3) is 10.9 Å². The van der Waals surface area contributed by atoms with Gasteiger partial charge in [-0.2, -0.15) is 0 Å². The van der Waals surface area contributed by atoms with E-state index in [-0.39, 0.29) is 4.90 Å². The Morgan fingerprint density at radius 1 is 1.24 bits per heavy atom. The highest BCUT2D eigenvalue weighted by Gasteiger charge is 2.20. The van der Waals surface area contributed by atoms with Crippen molar-refractivity contribution in [3.05, 3.63) is 24.4 Å². The molecule has 2 N–H and O–H groups in total. The van der Waals surface area contributed by atoms with Crippen molar-refractivity contribution in [2.24, 2.45) is 5.14 Å². The third-order valence-electron chi connectivity index (χ3n) is 3.12. The molecule has 7 heteroatoms. The molecule has 0 bridgehead atoms. The van der Waals surface area contributed by atoms with Crippen molar-refractivity contribution in [2.45, 2.75) is 25.3 Å². The minimum absolute atomic E-state index is 0.0815. The largest absolute Gasteiger partial charge is 0.493 e. The van der Waals surface area contributed by atoms with E-state index in [0.717, 1.165) is 5.52 Å². The van der Waals surface area contributed by atoms with E-state index in [1.807, 2.05) is 30.5 Å². The molecule has 0 saturated carbocycles. The van der Waals surface area contributed by atoms with Crippen LogP contribution in [0.5, 0.6) is 5.75 Å². The van der Waals surface area contributed by atoms with Crippen molar-refractivity contribution < 1.29 is 17.9 Å². The van der Waals surface area contributed by atoms with Crippen LogP contribution in [0.4, 0.5) is 0 Å². The number of ether oxygens (including phenoxy) is 2. The van der Waals surface area contributed by atoms with Gasteiger partial charge in [0.05, 0.1) is 24.1 Å². The molecule has 0 spiro atoms. The quantitative estimate of drug-likeness (QED) is 0.789. The summed E-state index contributed by atoms with van der Waals surface area (Å²) in [6.07, 6.45) is 1.54. The van der Waals surface area contributed by atoms with Crippen LogP contribution < -0.4 is 9.88 Å². The molecular formula is C14H20N2O4S. The van der Waals surface area contributed by atoms with Gasteiger partial charge in [-0.1, -0.05) is 6.07 Å². The first-order valence-electron chi connectivity index (χ1n) is 6.84. The molecule has 2 rings (SSSR count). The van der Waals surface area contributed by atoms with Crippen molar-refractivity contribution in [1.82, 2.24) is 4.57 Å². The van der Waals surface area contributed by atoms with Crippen LogP contribution in [-0.4, -0.2) is 32.8 Å². The second-order valence-corrected chi connectivity index (χ2v) is 6.04. The van der Waals surface area contributed by atoms with E-state index in [1.165, 1.54) is 0 Å². The van der Waals surface area contributed by atoms with Gasteiger partial charge >= 0.3 is 0 Å². The monoisotopic (exact) mass is 312 g/mol. The Kier molecular flexibility index (Phi) is 4.87. The molecule has 2 aromatic rings. The van der Waals surface area contributed by atoms with E-state index in [9.17, 15) is 8.42 Å². The van der Waals surface area contributed by atoms with E-state index in [1.54, 1.807) is 12.3 Å². The summed E-state index contributed by atoms with van der Waals surface area (Å²) in [6.45, 7) is 5.88. The molecule has 1 aromatic heterocycles. The Balaban J connectivity index is 2.59. The van der Waals surface area contributed by atoms with Crippen molar-refractivity contribution in [3.63, 3.8) is 0 Å². The maximum Gasteiger partial charge on any atom is 0.240 e. The topological polar surface area (TPSA) is 83.5 Å². The first-order valence-corrected chi connectivity index (χ1v) is 8.38. The Bertz CT molecular complexity index is 722. The second-order valence-electron chi connectivity index (χ2n) is 4.51. The van der Waals surface area contributed by atoms with E-state index in [4.69, 9.17) is 14.6 Å².